The molecule has 0 aliphatic carbocycles. The van der Waals surface area contributed by atoms with Crippen molar-refractivity contribution in [3.05, 3.63) is 61.7 Å². The van der Waals surface area contributed by atoms with Gasteiger partial charge < -0.3 is 14.1 Å². The third-order valence-corrected chi connectivity index (χ3v) is 3.50. The normalized spacial score (nSPS) is 11.1. The van der Waals surface area contributed by atoms with E-state index >= 15 is 0 Å². The monoisotopic (exact) mass is 413 g/mol. The predicted octanol–water partition coefficient (Wildman–Crippen LogP) is 0.541. The van der Waals surface area contributed by atoms with Gasteiger partial charge in [0, 0.05) is 25.0 Å². The third-order valence-electron chi connectivity index (χ3n) is 3.50. The lowest BCUT2D eigenvalue weighted by Gasteiger charge is -2.11. The molecule has 0 unspecified atom stereocenters. The highest BCUT2D eigenvalue weighted by Gasteiger charge is 2.19. The number of hydrogen-bond donors (Lipinski definition) is 3. The average Bonchev–Trinajstić information content (AvgIpc) is 3.11. The lowest BCUT2D eigenvalue weighted by molar-refractivity contribution is -0.384. The molecule has 3 aromatic rings. The summed E-state index contributed by atoms with van der Waals surface area (Å²) in [6.07, 6.45) is 5.15. The first-order valence-electron chi connectivity index (χ1n) is 7.66. The van der Waals surface area contributed by atoms with Gasteiger partial charge >= 0.3 is 21.5 Å². The molecule has 0 fully saturated rings. The first kappa shape index (κ1) is 20.9. The zero-order valence-electron chi connectivity index (χ0n) is 14.3. The number of aromatic nitrogens is 4. The number of hydrogen-bond acceptors (Lipinski definition) is 7. The van der Waals surface area contributed by atoms with Crippen LogP contribution in [-0.4, -0.2) is 41.5 Å². The number of imidazole rings is 1. The summed E-state index contributed by atoms with van der Waals surface area (Å²) in [5, 5.41) is 11.3. The summed E-state index contributed by atoms with van der Waals surface area (Å²) in [7, 11) is -4.67. The summed E-state index contributed by atoms with van der Waals surface area (Å²) < 4.78 is 34.4. The Hall–Kier alpha value is -3.36. The second kappa shape index (κ2) is 8.12. The van der Waals surface area contributed by atoms with Gasteiger partial charge in [0.1, 0.15) is 5.69 Å². The number of benzene rings is 1. The molecular weight excluding hydrogens is 398 g/mol. The van der Waals surface area contributed by atoms with Gasteiger partial charge in [0.15, 0.2) is 0 Å². The van der Waals surface area contributed by atoms with Crippen LogP contribution in [0.2, 0.25) is 0 Å². The Morgan fingerprint density at radius 2 is 1.93 bits per heavy atom. The van der Waals surface area contributed by atoms with Gasteiger partial charge in [-0.1, -0.05) is 6.92 Å². The minimum absolute atomic E-state index is 0.187. The molecule has 0 bridgehead atoms. The van der Waals surface area contributed by atoms with E-state index in [-0.39, 0.29) is 16.9 Å². The topological polar surface area (TPSA) is 190 Å². The van der Waals surface area contributed by atoms with Crippen LogP contribution < -0.4 is 11.1 Å². The Kier molecular flexibility index (Phi) is 6.07. The van der Waals surface area contributed by atoms with Crippen molar-refractivity contribution in [2.75, 3.05) is 0 Å². The number of fused-ring (bicyclic) bond motifs is 1. The van der Waals surface area contributed by atoms with Crippen LogP contribution in [0.15, 0.2) is 40.4 Å². The molecule has 13 nitrogen and oxygen atoms in total. The molecule has 2 aromatic heterocycles. The zero-order chi connectivity index (χ0) is 21.1. The molecule has 0 saturated carbocycles. The number of nitro groups is 1. The second-order valence-electron chi connectivity index (χ2n) is 5.44. The first-order chi connectivity index (χ1) is 13.0. The van der Waals surface area contributed by atoms with Crippen molar-refractivity contribution in [3.63, 3.8) is 0 Å². The van der Waals surface area contributed by atoms with E-state index in [4.69, 9.17) is 17.5 Å². The average molecular weight is 413 g/mol. The number of H-pyrrole nitrogens is 1. The number of aromatic amines is 1. The number of aryl methyl sites for hydroxylation is 1. The van der Waals surface area contributed by atoms with E-state index in [2.05, 4.69) is 9.97 Å². The molecular formula is C14H15N5O8S. The van der Waals surface area contributed by atoms with Crippen LogP contribution >= 0.6 is 0 Å². The Morgan fingerprint density at radius 3 is 2.43 bits per heavy atom. The van der Waals surface area contributed by atoms with E-state index < -0.39 is 26.4 Å². The van der Waals surface area contributed by atoms with Crippen molar-refractivity contribution < 1.29 is 22.4 Å². The summed E-state index contributed by atoms with van der Waals surface area (Å²) in [6.45, 7) is 2.22. The maximum absolute atomic E-state index is 12.1. The molecule has 14 heteroatoms. The third kappa shape index (κ3) is 4.87. The largest absolute Gasteiger partial charge is 0.394 e. The second-order valence-corrected chi connectivity index (χ2v) is 6.34. The van der Waals surface area contributed by atoms with Crippen LogP contribution in [0.4, 0.5) is 5.69 Å². The van der Waals surface area contributed by atoms with Gasteiger partial charge in [-0.25, -0.2) is 4.98 Å². The predicted molar refractivity (Wildman–Crippen MR) is 97.1 cm³/mol. The minimum atomic E-state index is -4.67. The Bertz CT molecular complexity index is 1220. The highest BCUT2D eigenvalue weighted by Crippen LogP contribution is 2.27. The van der Waals surface area contributed by atoms with Crippen molar-refractivity contribution in [1.82, 2.24) is 19.1 Å². The summed E-state index contributed by atoms with van der Waals surface area (Å²) >= 11 is 0. The fraction of sp³-hybridized carbons (Fsp3) is 0.214. The Labute approximate surface area is 156 Å². The number of nitrogens with zero attached hydrogens (tertiary/aromatic N) is 4. The van der Waals surface area contributed by atoms with Crippen molar-refractivity contribution >= 4 is 27.1 Å². The summed E-state index contributed by atoms with van der Waals surface area (Å²) in [5.41, 5.74) is -0.700. The van der Waals surface area contributed by atoms with E-state index in [1.807, 2.05) is 6.92 Å². The summed E-state index contributed by atoms with van der Waals surface area (Å²) in [4.78, 5) is 40.9. The fourth-order valence-electron chi connectivity index (χ4n) is 2.50. The smallest absolute Gasteiger partial charge is 0.316 e. The van der Waals surface area contributed by atoms with Gasteiger partial charge in [-0.2, -0.15) is 8.42 Å². The molecule has 1 aromatic carbocycles. The molecule has 0 amide bonds. The van der Waals surface area contributed by atoms with Crippen LogP contribution in [0.25, 0.3) is 16.7 Å². The van der Waals surface area contributed by atoms with Gasteiger partial charge in [-0.15, -0.1) is 0 Å². The van der Waals surface area contributed by atoms with Crippen LogP contribution in [-0.2, 0) is 16.9 Å². The fourth-order valence-corrected chi connectivity index (χ4v) is 2.50. The van der Waals surface area contributed by atoms with E-state index in [9.17, 15) is 19.7 Å². The molecule has 0 aliphatic heterocycles. The molecule has 0 aliphatic rings. The van der Waals surface area contributed by atoms with E-state index in [1.165, 1.54) is 33.8 Å². The SMILES string of the molecule is CCCn1c(=O)c(=O)[nH]c2cc([N+](=O)[O-])c(-n3ccnc3)cc21.O=S(=O)(O)O. The highest BCUT2D eigenvalue weighted by molar-refractivity contribution is 7.79. The van der Waals surface area contributed by atoms with Crippen molar-refractivity contribution in [1.29, 1.82) is 0 Å². The maximum Gasteiger partial charge on any atom is 0.394 e. The zero-order valence-corrected chi connectivity index (χ0v) is 15.2. The van der Waals surface area contributed by atoms with Crippen molar-refractivity contribution in [2.24, 2.45) is 0 Å². The van der Waals surface area contributed by atoms with E-state index in [0.717, 1.165) is 0 Å². The van der Waals surface area contributed by atoms with Crippen molar-refractivity contribution in [3.8, 4) is 5.69 Å². The Balaban J connectivity index is 0.000000500. The number of nitrogens with one attached hydrogen (secondary N) is 1. The van der Waals surface area contributed by atoms with Gasteiger partial charge in [0.05, 0.1) is 22.3 Å². The number of rotatable bonds is 4. The molecule has 28 heavy (non-hydrogen) atoms. The molecule has 3 N–H and O–H groups in total. The summed E-state index contributed by atoms with van der Waals surface area (Å²) in [6, 6.07) is 2.78. The van der Waals surface area contributed by atoms with Crippen LogP contribution in [0, 0.1) is 10.1 Å². The van der Waals surface area contributed by atoms with Crippen LogP contribution in [0.3, 0.4) is 0 Å². The molecule has 150 valence electrons. The molecule has 0 spiro atoms. The molecule has 0 saturated heterocycles. The van der Waals surface area contributed by atoms with E-state index in [1.54, 1.807) is 6.20 Å². The van der Waals surface area contributed by atoms with E-state index in [0.29, 0.717) is 18.5 Å². The molecule has 0 radical (unpaired) electrons. The van der Waals surface area contributed by atoms with Gasteiger partial charge in [-0.3, -0.25) is 28.8 Å². The lowest BCUT2D eigenvalue weighted by atomic mass is 10.2. The summed E-state index contributed by atoms with van der Waals surface area (Å²) in [5.74, 6) is 0. The van der Waals surface area contributed by atoms with Gasteiger partial charge in [0.25, 0.3) is 5.69 Å². The first-order valence-corrected chi connectivity index (χ1v) is 9.06. The maximum atomic E-state index is 12.1. The molecule has 3 rings (SSSR count). The van der Waals surface area contributed by atoms with Crippen molar-refractivity contribution in [2.45, 2.75) is 19.9 Å². The standard InChI is InChI=1S/C14H13N5O4.H2O4S/c1-2-4-18-10-7-11(17-5-3-15-8-17)12(19(22)23)6-9(10)16-13(20)14(18)21;1-5(2,3)4/h3,5-8H,2,4H2,1H3,(H,16,20);(H2,1,2,3,4). The Morgan fingerprint density at radius 1 is 1.29 bits per heavy atom. The minimum Gasteiger partial charge on any atom is -0.316 e. The van der Waals surface area contributed by atoms with Gasteiger partial charge in [0.2, 0.25) is 0 Å². The number of nitro benzene ring substituents is 1. The lowest BCUT2D eigenvalue weighted by Crippen LogP contribution is -2.36. The quantitative estimate of drug-likeness (QED) is 0.237. The molecule has 0 atom stereocenters. The van der Waals surface area contributed by atoms with Gasteiger partial charge in [-0.05, 0) is 12.5 Å². The van der Waals surface area contributed by atoms with Crippen LogP contribution in [0.1, 0.15) is 13.3 Å². The van der Waals surface area contributed by atoms with Crippen LogP contribution in [0.5, 0.6) is 0 Å². The highest BCUT2D eigenvalue weighted by atomic mass is 32.3. The molecule has 2 heterocycles.